The molecule has 2 heterocycles. The molecular weight excluding hydrogens is 390 g/mol. The second-order valence-electron chi connectivity index (χ2n) is 8.45. The molecule has 2 fully saturated rings. The molecule has 1 aromatic rings. The number of hydrogen-bond donors (Lipinski definition) is 1. The van der Waals surface area contributed by atoms with Crippen LogP contribution in [-0.4, -0.2) is 85.5 Å². The highest BCUT2D eigenvalue weighted by atomic mass is 32.2. The fourth-order valence-corrected chi connectivity index (χ4v) is 6.14. The summed E-state index contributed by atoms with van der Waals surface area (Å²) in [5.74, 6) is 0.0185. The summed E-state index contributed by atoms with van der Waals surface area (Å²) in [5.41, 5.74) is 2.43. The number of carbonyl (C=O) groups is 1. The first-order chi connectivity index (χ1) is 13.9. The number of aryl methyl sites for hydroxylation is 2. The molecule has 1 atom stereocenters. The average molecular weight is 422 g/mol. The summed E-state index contributed by atoms with van der Waals surface area (Å²) in [6.07, 6.45) is 5.62. The third kappa shape index (κ3) is 4.66. The van der Waals surface area contributed by atoms with Gasteiger partial charge in [0.05, 0.1) is 17.5 Å². The molecule has 29 heavy (non-hydrogen) atoms. The van der Waals surface area contributed by atoms with E-state index in [1.807, 2.05) is 17.0 Å². The Balaban J connectivity index is 1.35. The zero-order chi connectivity index (χ0) is 20.4. The molecule has 0 radical (unpaired) electrons. The molecule has 4 rings (SSSR count). The number of likely N-dealkylation sites (tertiary alicyclic amines) is 1. The molecule has 8 heteroatoms. The standard InChI is InChI=1S/C21H31N3O4S/c25-19-6-3-9-22(15-19)16-21(26)23-10-12-24(13-11-23)29(27,28)20-8-7-17-4-1-2-5-18(17)14-20/h7-8,14,19,25H,1-6,9-13,15-16H2. The number of aliphatic hydroxyl groups excluding tert-OH is 1. The number of sulfonamides is 1. The van der Waals surface area contributed by atoms with Crippen molar-refractivity contribution in [3.63, 3.8) is 0 Å². The van der Waals surface area contributed by atoms with Gasteiger partial charge in [0, 0.05) is 32.7 Å². The van der Waals surface area contributed by atoms with Crippen molar-refractivity contribution in [2.75, 3.05) is 45.8 Å². The van der Waals surface area contributed by atoms with Crippen molar-refractivity contribution in [1.82, 2.24) is 14.1 Å². The fraction of sp³-hybridized carbons (Fsp3) is 0.667. The van der Waals surface area contributed by atoms with Crippen LogP contribution in [0.4, 0.5) is 0 Å². The third-order valence-electron chi connectivity index (χ3n) is 6.39. The van der Waals surface area contributed by atoms with E-state index in [9.17, 15) is 18.3 Å². The fourth-order valence-electron chi connectivity index (χ4n) is 4.66. The lowest BCUT2D eigenvalue weighted by atomic mass is 9.92. The predicted molar refractivity (Wildman–Crippen MR) is 110 cm³/mol. The summed E-state index contributed by atoms with van der Waals surface area (Å²) in [4.78, 5) is 16.7. The summed E-state index contributed by atoms with van der Waals surface area (Å²) in [6, 6.07) is 5.55. The molecule has 0 aromatic heterocycles. The van der Waals surface area contributed by atoms with E-state index in [0.29, 0.717) is 44.2 Å². The quantitative estimate of drug-likeness (QED) is 0.780. The SMILES string of the molecule is O=C(CN1CCCC(O)C1)N1CCN(S(=O)(=O)c2ccc3c(c2)CCCC3)CC1. The highest BCUT2D eigenvalue weighted by Gasteiger charge is 2.31. The van der Waals surface area contributed by atoms with E-state index in [4.69, 9.17) is 0 Å². The zero-order valence-electron chi connectivity index (χ0n) is 16.9. The molecule has 0 spiro atoms. The van der Waals surface area contributed by atoms with Gasteiger partial charge in [0.25, 0.3) is 0 Å². The summed E-state index contributed by atoms with van der Waals surface area (Å²) >= 11 is 0. The summed E-state index contributed by atoms with van der Waals surface area (Å²) in [6.45, 7) is 3.16. The van der Waals surface area contributed by atoms with E-state index >= 15 is 0 Å². The minimum absolute atomic E-state index is 0.0185. The third-order valence-corrected chi connectivity index (χ3v) is 8.28. The Bertz CT molecular complexity index is 849. The van der Waals surface area contributed by atoms with Crippen molar-refractivity contribution < 1.29 is 18.3 Å². The van der Waals surface area contributed by atoms with Gasteiger partial charge in [0.1, 0.15) is 0 Å². The molecule has 2 saturated heterocycles. The summed E-state index contributed by atoms with van der Waals surface area (Å²) < 4.78 is 27.7. The maximum absolute atomic E-state index is 13.1. The number of hydrogen-bond acceptors (Lipinski definition) is 5. The Kier molecular flexibility index (Phi) is 6.24. The van der Waals surface area contributed by atoms with Gasteiger partial charge in [0.2, 0.25) is 15.9 Å². The molecule has 7 nitrogen and oxygen atoms in total. The van der Waals surface area contributed by atoms with E-state index in [-0.39, 0.29) is 12.0 Å². The van der Waals surface area contributed by atoms with Gasteiger partial charge in [-0.05, 0) is 68.3 Å². The topological polar surface area (TPSA) is 81.2 Å². The second kappa shape index (κ2) is 8.71. The number of aliphatic hydroxyl groups is 1. The first-order valence-electron chi connectivity index (χ1n) is 10.7. The number of piperazine rings is 1. The minimum Gasteiger partial charge on any atom is -0.392 e. The predicted octanol–water partition coefficient (Wildman–Crippen LogP) is 0.855. The largest absolute Gasteiger partial charge is 0.392 e. The number of amides is 1. The molecule has 0 saturated carbocycles. The second-order valence-corrected chi connectivity index (χ2v) is 10.4. The van der Waals surface area contributed by atoms with Crippen LogP contribution in [0.2, 0.25) is 0 Å². The Morgan fingerprint density at radius 2 is 1.72 bits per heavy atom. The van der Waals surface area contributed by atoms with Gasteiger partial charge >= 0.3 is 0 Å². The molecule has 1 N–H and O–H groups in total. The normalized spacial score (nSPS) is 24.3. The van der Waals surface area contributed by atoms with Crippen LogP contribution in [0.3, 0.4) is 0 Å². The molecule has 1 aromatic carbocycles. The first-order valence-corrected chi connectivity index (χ1v) is 12.2. The number of benzene rings is 1. The average Bonchev–Trinajstić information content (AvgIpc) is 2.73. The lowest BCUT2D eigenvalue weighted by Crippen LogP contribution is -2.53. The molecule has 1 aliphatic carbocycles. The molecule has 2 aliphatic heterocycles. The number of fused-ring (bicyclic) bond motifs is 1. The zero-order valence-corrected chi connectivity index (χ0v) is 17.7. The van der Waals surface area contributed by atoms with Gasteiger partial charge in [-0.2, -0.15) is 4.31 Å². The molecule has 1 unspecified atom stereocenters. The van der Waals surface area contributed by atoms with Crippen molar-refractivity contribution in [2.24, 2.45) is 0 Å². The van der Waals surface area contributed by atoms with Crippen LogP contribution in [0.15, 0.2) is 23.1 Å². The van der Waals surface area contributed by atoms with Crippen molar-refractivity contribution in [3.05, 3.63) is 29.3 Å². The lowest BCUT2D eigenvalue weighted by Gasteiger charge is -2.36. The number of nitrogens with zero attached hydrogens (tertiary/aromatic N) is 3. The first kappa shape index (κ1) is 20.8. The van der Waals surface area contributed by atoms with Crippen molar-refractivity contribution in [3.8, 4) is 0 Å². The number of carbonyl (C=O) groups excluding carboxylic acids is 1. The van der Waals surface area contributed by atoms with Crippen LogP contribution >= 0.6 is 0 Å². The Morgan fingerprint density at radius 3 is 2.45 bits per heavy atom. The van der Waals surface area contributed by atoms with Gasteiger partial charge in [-0.15, -0.1) is 0 Å². The molecule has 160 valence electrons. The van der Waals surface area contributed by atoms with Crippen LogP contribution in [0.1, 0.15) is 36.8 Å². The van der Waals surface area contributed by atoms with E-state index in [2.05, 4.69) is 0 Å². The number of piperidine rings is 1. The van der Waals surface area contributed by atoms with E-state index < -0.39 is 10.0 Å². The van der Waals surface area contributed by atoms with Crippen LogP contribution < -0.4 is 0 Å². The monoisotopic (exact) mass is 421 g/mol. The Hall–Kier alpha value is -1.48. The maximum Gasteiger partial charge on any atom is 0.243 e. The van der Waals surface area contributed by atoms with Crippen LogP contribution in [0, 0.1) is 0 Å². The van der Waals surface area contributed by atoms with Gasteiger partial charge in [-0.3, -0.25) is 9.69 Å². The smallest absolute Gasteiger partial charge is 0.243 e. The molecule has 1 amide bonds. The Labute approximate surface area is 173 Å². The molecule has 3 aliphatic rings. The van der Waals surface area contributed by atoms with E-state index in [0.717, 1.165) is 44.2 Å². The number of rotatable bonds is 4. The van der Waals surface area contributed by atoms with Crippen molar-refractivity contribution >= 4 is 15.9 Å². The van der Waals surface area contributed by atoms with E-state index in [1.54, 1.807) is 11.0 Å². The summed E-state index contributed by atoms with van der Waals surface area (Å²) in [5, 5.41) is 9.77. The van der Waals surface area contributed by atoms with Gasteiger partial charge in [0.15, 0.2) is 0 Å². The van der Waals surface area contributed by atoms with E-state index in [1.165, 1.54) is 16.3 Å². The van der Waals surface area contributed by atoms with Gasteiger partial charge < -0.3 is 10.0 Å². The molecular formula is C21H31N3O4S. The van der Waals surface area contributed by atoms with Crippen LogP contribution in [0.5, 0.6) is 0 Å². The van der Waals surface area contributed by atoms with Crippen LogP contribution in [0.25, 0.3) is 0 Å². The Morgan fingerprint density at radius 1 is 1.00 bits per heavy atom. The van der Waals surface area contributed by atoms with Gasteiger partial charge in [-0.25, -0.2) is 8.42 Å². The summed E-state index contributed by atoms with van der Waals surface area (Å²) in [7, 11) is -3.53. The highest BCUT2D eigenvalue weighted by molar-refractivity contribution is 7.89. The molecule has 0 bridgehead atoms. The lowest BCUT2D eigenvalue weighted by molar-refractivity contribution is -0.134. The highest BCUT2D eigenvalue weighted by Crippen LogP contribution is 2.26. The minimum atomic E-state index is -3.53. The van der Waals surface area contributed by atoms with Crippen LogP contribution in [-0.2, 0) is 27.7 Å². The maximum atomic E-state index is 13.1. The van der Waals surface area contributed by atoms with Crippen molar-refractivity contribution in [1.29, 1.82) is 0 Å². The van der Waals surface area contributed by atoms with Gasteiger partial charge in [-0.1, -0.05) is 6.07 Å². The van der Waals surface area contributed by atoms with Crippen molar-refractivity contribution in [2.45, 2.75) is 49.5 Å². The number of β-amino-alcohol motifs (C(OH)–C–C–N with tert-alkyl or cyclic N) is 1.